The minimum atomic E-state index is -5.08. The maximum absolute atomic E-state index is 10.6. The molecule has 0 saturated carbocycles. The van der Waals surface area contributed by atoms with Crippen molar-refractivity contribution < 1.29 is 23.1 Å². The Labute approximate surface area is 133 Å². The van der Waals surface area contributed by atoms with Gasteiger partial charge in [0.15, 0.2) is 0 Å². The van der Waals surface area contributed by atoms with E-state index in [-0.39, 0.29) is 0 Å². The number of hydrogen-bond donors (Lipinski definition) is 3. The van der Waals surface area contributed by atoms with Gasteiger partial charge in [-0.15, -0.1) is 0 Å². The first kappa shape index (κ1) is 21.1. The van der Waals surface area contributed by atoms with Crippen LogP contribution in [0.2, 0.25) is 0 Å². The maximum Gasteiger partial charge on any atom is 0.490 e. The monoisotopic (exact) mass is 336 g/mol. The van der Waals surface area contributed by atoms with Crippen LogP contribution >= 0.6 is 0 Å². The second-order valence-corrected chi connectivity index (χ2v) is 4.60. The summed E-state index contributed by atoms with van der Waals surface area (Å²) in [5.41, 5.74) is 6.69. The highest BCUT2D eigenvalue weighted by atomic mass is 19.4. The van der Waals surface area contributed by atoms with Crippen LogP contribution in [0.1, 0.15) is 19.4 Å². The van der Waals surface area contributed by atoms with Crippen LogP contribution in [0.25, 0.3) is 0 Å². The molecule has 0 amide bonds. The summed E-state index contributed by atoms with van der Waals surface area (Å²) < 4.78 is 31.7. The van der Waals surface area contributed by atoms with Crippen molar-refractivity contribution in [3.05, 3.63) is 23.9 Å². The molecule has 1 aromatic rings. The van der Waals surface area contributed by atoms with Gasteiger partial charge < -0.3 is 21.1 Å². The van der Waals surface area contributed by atoms with Gasteiger partial charge in [-0.2, -0.15) is 13.2 Å². The lowest BCUT2D eigenvalue weighted by Crippen LogP contribution is -2.31. The number of carbonyl (C=O) groups is 1. The smallest absolute Gasteiger partial charge is 0.475 e. The topological polar surface area (TPSA) is 91.5 Å². The van der Waals surface area contributed by atoms with Gasteiger partial charge in [-0.1, -0.05) is 19.9 Å². The van der Waals surface area contributed by atoms with E-state index in [1.807, 2.05) is 18.3 Å². The van der Waals surface area contributed by atoms with E-state index in [9.17, 15) is 13.2 Å². The number of halogens is 3. The third-order valence-corrected chi connectivity index (χ3v) is 2.92. The van der Waals surface area contributed by atoms with Gasteiger partial charge in [0.2, 0.25) is 0 Å². The van der Waals surface area contributed by atoms with Crippen molar-refractivity contribution in [3.8, 4) is 0 Å². The number of alkyl halides is 3. The lowest BCUT2D eigenvalue weighted by molar-refractivity contribution is -0.192. The van der Waals surface area contributed by atoms with E-state index >= 15 is 0 Å². The molecule has 0 aliphatic carbocycles. The molecule has 0 unspecified atom stereocenters. The van der Waals surface area contributed by atoms with Gasteiger partial charge in [0.1, 0.15) is 5.82 Å². The molecule has 0 saturated heterocycles. The third-order valence-electron chi connectivity index (χ3n) is 2.92. The molecule has 0 radical (unpaired) electrons. The normalized spacial score (nSPS) is 11.0. The molecule has 0 fully saturated rings. The summed E-state index contributed by atoms with van der Waals surface area (Å²) in [6.07, 6.45) is -3.26. The number of nitrogens with zero attached hydrogens (tertiary/aromatic N) is 2. The first-order valence-electron chi connectivity index (χ1n) is 7.14. The Hall–Kier alpha value is -1.87. The van der Waals surface area contributed by atoms with E-state index in [2.05, 4.69) is 29.0 Å². The zero-order valence-electron chi connectivity index (χ0n) is 13.2. The number of hydrogen-bond acceptors (Lipinski definition) is 5. The lowest BCUT2D eigenvalue weighted by atomic mass is 10.3. The average molecular weight is 336 g/mol. The largest absolute Gasteiger partial charge is 0.490 e. The zero-order chi connectivity index (χ0) is 17.9. The zero-order valence-corrected chi connectivity index (χ0v) is 13.2. The molecule has 1 rings (SSSR count). The molecular weight excluding hydrogens is 313 g/mol. The van der Waals surface area contributed by atoms with Crippen LogP contribution in [-0.2, 0) is 11.3 Å². The van der Waals surface area contributed by atoms with Crippen LogP contribution in [0.3, 0.4) is 0 Å². The Morgan fingerprint density at radius 1 is 1.35 bits per heavy atom. The van der Waals surface area contributed by atoms with Crippen molar-refractivity contribution in [3.63, 3.8) is 0 Å². The fourth-order valence-electron chi connectivity index (χ4n) is 1.55. The van der Waals surface area contributed by atoms with Gasteiger partial charge in [-0.3, -0.25) is 0 Å². The summed E-state index contributed by atoms with van der Waals surface area (Å²) in [5.74, 6) is -2.18. The highest BCUT2D eigenvalue weighted by Gasteiger charge is 2.38. The third kappa shape index (κ3) is 10.5. The van der Waals surface area contributed by atoms with Crippen LogP contribution in [0.15, 0.2) is 18.3 Å². The van der Waals surface area contributed by atoms with Gasteiger partial charge in [-0.05, 0) is 24.7 Å². The minimum Gasteiger partial charge on any atom is -0.475 e. The molecule has 6 nitrogen and oxygen atoms in total. The fraction of sp³-hybridized carbons (Fsp3) is 0.571. The molecule has 0 bridgehead atoms. The number of carboxylic acids is 1. The van der Waals surface area contributed by atoms with Crippen LogP contribution in [0.4, 0.5) is 19.0 Å². The van der Waals surface area contributed by atoms with E-state index in [4.69, 9.17) is 15.6 Å². The highest BCUT2D eigenvalue weighted by Crippen LogP contribution is 2.13. The van der Waals surface area contributed by atoms with Crippen molar-refractivity contribution >= 4 is 11.8 Å². The van der Waals surface area contributed by atoms with Crippen molar-refractivity contribution in [1.82, 2.24) is 15.2 Å². The number of nitrogens with one attached hydrogen (secondary N) is 1. The SMILES string of the molecule is CCN(CC)CCNCc1ccc(N)nc1.O=C(O)C(F)(F)F. The predicted molar refractivity (Wildman–Crippen MR) is 81.8 cm³/mol. The number of aliphatic carboxylic acids is 1. The summed E-state index contributed by atoms with van der Waals surface area (Å²) in [4.78, 5) is 15.3. The van der Waals surface area contributed by atoms with Crippen LogP contribution in [0.5, 0.6) is 0 Å². The number of rotatable bonds is 7. The van der Waals surface area contributed by atoms with Gasteiger partial charge in [-0.25, -0.2) is 9.78 Å². The summed E-state index contributed by atoms with van der Waals surface area (Å²) >= 11 is 0. The van der Waals surface area contributed by atoms with E-state index in [0.29, 0.717) is 5.82 Å². The average Bonchev–Trinajstić information content (AvgIpc) is 2.49. The summed E-state index contributed by atoms with van der Waals surface area (Å²) in [5, 5.41) is 10.5. The number of pyridine rings is 1. The fourth-order valence-corrected chi connectivity index (χ4v) is 1.55. The maximum atomic E-state index is 10.6. The van der Waals surface area contributed by atoms with Crippen molar-refractivity contribution in [2.75, 3.05) is 31.9 Å². The molecule has 9 heteroatoms. The lowest BCUT2D eigenvalue weighted by Gasteiger charge is -2.17. The Bertz CT molecular complexity index is 448. The summed E-state index contributed by atoms with van der Waals surface area (Å²) in [7, 11) is 0. The van der Waals surface area contributed by atoms with Crippen LogP contribution in [0, 0.1) is 0 Å². The van der Waals surface area contributed by atoms with Crippen molar-refractivity contribution in [2.24, 2.45) is 0 Å². The molecule has 0 atom stereocenters. The molecule has 4 N–H and O–H groups in total. The molecule has 0 spiro atoms. The second-order valence-electron chi connectivity index (χ2n) is 4.60. The molecule has 23 heavy (non-hydrogen) atoms. The number of likely N-dealkylation sites (N-methyl/N-ethyl adjacent to an activating group) is 1. The van der Waals surface area contributed by atoms with E-state index in [1.54, 1.807) is 0 Å². The standard InChI is InChI=1S/C12H22N4.C2HF3O2/c1-3-16(4-2)8-7-14-9-11-5-6-12(13)15-10-11;3-2(4,5)1(6)7/h5-6,10,14H,3-4,7-9H2,1-2H3,(H2,13,15);(H,6,7). The van der Waals surface area contributed by atoms with Gasteiger partial charge >= 0.3 is 12.1 Å². The van der Waals surface area contributed by atoms with Crippen molar-refractivity contribution in [2.45, 2.75) is 26.6 Å². The molecule has 0 aliphatic rings. The number of carboxylic acid groups (broad SMARTS) is 1. The Morgan fingerprint density at radius 2 is 1.91 bits per heavy atom. The van der Waals surface area contributed by atoms with Gasteiger partial charge in [0, 0.05) is 25.8 Å². The number of nitrogens with two attached hydrogens (primary N) is 1. The van der Waals surface area contributed by atoms with E-state index < -0.39 is 12.1 Å². The first-order valence-corrected chi connectivity index (χ1v) is 7.14. The van der Waals surface area contributed by atoms with Gasteiger partial charge in [0.25, 0.3) is 0 Å². The highest BCUT2D eigenvalue weighted by molar-refractivity contribution is 5.73. The predicted octanol–water partition coefficient (Wildman–Crippen LogP) is 1.73. The number of aromatic nitrogens is 1. The molecule has 132 valence electrons. The molecule has 0 aromatic carbocycles. The van der Waals surface area contributed by atoms with Crippen LogP contribution < -0.4 is 11.1 Å². The number of nitrogen functional groups attached to an aromatic ring is 1. The molecule has 0 aliphatic heterocycles. The summed E-state index contributed by atoms with van der Waals surface area (Å²) in [6, 6.07) is 3.84. The van der Waals surface area contributed by atoms with Crippen molar-refractivity contribution in [1.29, 1.82) is 0 Å². The molecule has 1 heterocycles. The second kappa shape index (κ2) is 10.8. The Morgan fingerprint density at radius 3 is 2.30 bits per heavy atom. The van der Waals surface area contributed by atoms with E-state index in [0.717, 1.165) is 32.7 Å². The summed E-state index contributed by atoms with van der Waals surface area (Å²) in [6.45, 7) is 9.56. The first-order chi connectivity index (χ1) is 10.7. The van der Waals surface area contributed by atoms with Gasteiger partial charge in [0.05, 0.1) is 0 Å². The minimum absolute atomic E-state index is 0.576. The number of anilines is 1. The Balaban J connectivity index is 0.000000585. The van der Waals surface area contributed by atoms with E-state index in [1.165, 1.54) is 5.56 Å². The Kier molecular flexibility index (Phi) is 9.91. The molecule has 1 aromatic heterocycles. The quantitative estimate of drug-likeness (QED) is 0.657. The van der Waals surface area contributed by atoms with Crippen LogP contribution in [-0.4, -0.2) is 53.3 Å². The molecular formula is C14H23F3N4O2.